The van der Waals surface area contributed by atoms with Gasteiger partial charge in [0.15, 0.2) is 0 Å². The van der Waals surface area contributed by atoms with Gasteiger partial charge in [-0.05, 0) is 69.3 Å². The number of rotatable bonds is 13. The van der Waals surface area contributed by atoms with Crippen LogP contribution in [0.5, 0.6) is 17.4 Å². The molecule has 1 N–H and O–H groups in total. The van der Waals surface area contributed by atoms with Gasteiger partial charge in [-0.2, -0.15) is 5.10 Å². The van der Waals surface area contributed by atoms with Gasteiger partial charge < -0.3 is 23.7 Å². The third-order valence-electron chi connectivity index (χ3n) is 5.84. The summed E-state index contributed by atoms with van der Waals surface area (Å²) in [5.41, 5.74) is 2.65. The first-order valence-electron chi connectivity index (χ1n) is 12.4. The highest BCUT2D eigenvalue weighted by Gasteiger charge is 2.23. The molecule has 0 bridgehead atoms. The first kappa shape index (κ1) is 26.5. The Kier molecular flexibility index (Phi) is 9.00. The molecule has 1 atom stereocenters. The van der Waals surface area contributed by atoms with Crippen molar-refractivity contribution < 1.29 is 23.7 Å². The Morgan fingerprint density at radius 2 is 1.70 bits per heavy atom. The molecule has 0 fully saturated rings. The molecule has 0 saturated carbocycles. The van der Waals surface area contributed by atoms with Crippen LogP contribution in [0.2, 0.25) is 0 Å². The van der Waals surface area contributed by atoms with Gasteiger partial charge in [0, 0.05) is 13.1 Å². The predicted octanol–water partition coefficient (Wildman–Crippen LogP) is 5.36. The number of aliphatic hydroxyl groups excluding tert-OH is 1. The molecule has 0 saturated heterocycles. The Bertz CT molecular complexity index is 1220. The fraction of sp³-hybridized carbons (Fsp3) is 0.345. The van der Waals surface area contributed by atoms with E-state index in [1.807, 2.05) is 92.2 Å². The van der Waals surface area contributed by atoms with Crippen LogP contribution in [0.4, 0.5) is 0 Å². The van der Waals surface area contributed by atoms with Gasteiger partial charge in [-0.3, -0.25) is 4.90 Å². The van der Waals surface area contributed by atoms with E-state index in [1.54, 1.807) is 13.4 Å². The number of aliphatic hydroxyl groups is 1. The van der Waals surface area contributed by atoms with Crippen molar-refractivity contribution in [3.63, 3.8) is 0 Å². The van der Waals surface area contributed by atoms with Gasteiger partial charge in [0.25, 0.3) is 0 Å². The Morgan fingerprint density at radius 3 is 2.35 bits per heavy atom. The van der Waals surface area contributed by atoms with E-state index in [4.69, 9.17) is 23.7 Å². The van der Waals surface area contributed by atoms with Crippen molar-refractivity contribution in [2.45, 2.75) is 46.1 Å². The molecule has 2 aromatic heterocycles. The van der Waals surface area contributed by atoms with Crippen molar-refractivity contribution in [3.8, 4) is 23.1 Å². The highest BCUT2D eigenvalue weighted by molar-refractivity contribution is 5.44. The highest BCUT2D eigenvalue weighted by atomic mass is 16.5. The summed E-state index contributed by atoms with van der Waals surface area (Å²) in [6, 6.07) is 21.1. The van der Waals surface area contributed by atoms with Crippen molar-refractivity contribution in [2.75, 3.05) is 20.3 Å². The van der Waals surface area contributed by atoms with E-state index in [0.29, 0.717) is 31.3 Å². The van der Waals surface area contributed by atoms with E-state index in [9.17, 15) is 5.11 Å². The smallest absolute Gasteiger partial charge is 0.227 e. The lowest BCUT2D eigenvalue weighted by atomic mass is 10.2. The molecule has 8 heteroatoms. The maximum Gasteiger partial charge on any atom is 0.227 e. The molecule has 0 aliphatic heterocycles. The Balaban J connectivity index is 1.66. The van der Waals surface area contributed by atoms with Crippen LogP contribution in [0.3, 0.4) is 0 Å². The van der Waals surface area contributed by atoms with Crippen molar-refractivity contribution in [1.29, 1.82) is 0 Å². The maximum atomic E-state index is 10.7. The van der Waals surface area contributed by atoms with Gasteiger partial charge in [0.05, 0.1) is 55.7 Å². The van der Waals surface area contributed by atoms with E-state index < -0.39 is 6.10 Å². The van der Waals surface area contributed by atoms with Gasteiger partial charge >= 0.3 is 0 Å². The van der Waals surface area contributed by atoms with Crippen molar-refractivity contribution in [1.82, 2.24) is 14.7 Å². The number of hydrogen-bond donors (Lipinski definition) is 1. The molecule has 0 unspecified atom stereocenters. The number of benzene rings is 2. The Morgan fingerprint density at radius 1 is 0.973 bits per heavy atom. The first-order chi connectivity index (χ1) is 17.9. The third-order valence-corrected chi connectivity index (χ3v) is 5.84. The molecule has 2 heterocycles. The molecule has 0 aliphatic rings. The zero-order chi connectivity index (χ0) is 26.2. The molecular formula is C29H35N3O5. The fourth-order valence-corrected chi connectivity index (χ4v) is 4.01. The number of ether oxygens (including phenoxy) is 3. The molecule has 0 aliphatic carbocycles. The Labute approximate surface area is 218 Å². The second kappa shape index (κ2) is 12.6. The van der Waals surface area contributed by atoms with Crippen LogP contribution in [-0.4, -0.2) is 52.3 Å². The first-order valence-corrected chi connectivity index (χ1v) is 12.4. The van der Waals surface area contributed by atoms with E-state index in [1.165, 1.54) is 0 Å². The lowest BCUT2D eigenvalue weighted by molar-refractivity contribution is -0.0114. The summed E-state index contributed by atoms with van der Waals surface area (Å²) in [4.78, 5) is 2.12. The maximum absolute atomic E-state index is 10.7. The SMILES string of the molecule is COc1ccc(Oc2c(CN(Cc3ccco3)C[C@H](O)COC(C)C)c(C)nn2-c2ccccc2)cc1. The van der Waals surface area contributed by atoms with Crippen LogP contribution < -0.4 is 9.47 Å². The number of aromatic nitrogens is 2. The van der Waals surface area contributed by atoms with Gasteiger partial charge in [-0.15, -0.1) is 0 Å². The minimum absolute atomic E-state index is 0.0454. The zero-order valence-electron chi connectivity index (χ0n) is 21.8. The molecule has 0 radical (unpaired) electrons. The number of methoxy groups -OCH3 is 1. The lowest BCUT2D eigenvalue weighted by Crippen LogP contribution is -2.35. The summed E-state index contributed by atoms with van der Waals surface area (Å²) in [5, 5.41) is 15.5. The number of aryl methyl sites for hydroxylation is 1. The topological polar surface area (TPSA) is 82.1 Å². The van der Waals surface area contributed by atoms with Gasteiger partial charge in [0.1, 0.15) is 17.3 Å². The van der Waals surface area contributed by atoms with Crippen molar-refractivity contribution in [2.24, 2.45) is 0 Å². The largest absolute Gasteiger partial charge is 0.497 e. The monoisotopic (exact) mass is 505 g/mol. The second-order valence-electron chi connectivity index (χ2n) is 9.18. The summed E-state index contributed by atoms with van der Waals surface area (Å²) < 4.78 is 24.8. The van der Waals surface area contributed by atoms with Crippen LogP contribution in [0.1, 0.15) is 30.9 Å². The molecule has 4 rings (SSSR count). The van der Waals surface area contributed by atoms with E-state index >= 15 is 0 Å². The molecule has 8 nitrogen and oxygen atoms in total. The minimum atomic E-state index is -0.659. The quantitative estimate of drug-likeness (QED) is 0.262. The number of para-hydroxylation sites is 1. The molecular weight excluding hydrogens is 470 g/mol. The Hall–Kier alpha value is -3.59. The molecule has 37 heavy (non-hydrogen) atoms. The zero-order valence-corrected chi connectivity index (χ0v) is 21.8. The number of nitrogens with zero attached hydrogens (tertiary/aromatic N) is 3. The minimum Gasteiger partial charge on any atom is -0.497 e. The summed E-state index contributed by atoms with van der Waals surface area (Å²) in [5.74, 6) is 2.85. The molecule has 196 valence electrons. The molecule has 0 spiro atoms. The van der Waals surface area contributed by atoms with E-state index in [0.717, 1.165) is 28.5 Å². The predicted molar refractivity (Wildman–Crippen MR) is 141 cm³/mol. The van der Waals surface area contributed by atoms with Gasteiger partial charge in [-0.25, -0.2) is 4.68 Å². The molecule has 2 aromatic carbocycles. The van der Waals surface area contributed by atoms with Crippen LogP contribution in [0.25, 0.3) is 5.69 Å². The second-order valence-corrected chi connectivity index (χ2v) is 9.18. The average molecular weight is 506 g/mol. The highest BCUT2D eigenvalue weighted by Crippen LogP contribution is 2.32. The average Bonchev–Trinajstić information content (AvgIpc) is 3.52. The van der Waals surface area contributed by atoms with E-state index in [-0.39, 0.29) is 12.7 Å². The van der Waals surface area contributed by atoms with Crippen molar-refractivity contribution in [3.05, 3.63) is 90.0 Å². The summed E-state index contributed by atoms with van der Waals surface area (Å²) in [7, 11) is 1.63. The third kappa shape index (κ3) is 7.22. The standard InChI is InChI=1S/C29H35N3O5/c1-21(2)36-20-24(33)17-31(18-27-11-8-16-35-27)19-28-22(3)30-32(23-9-6-5-7-10-23)29(28)37-26-14-12-25(34-4)13-15-26/h5-16,21,24,33H,17-20H2,1-4H3/t24-/m0/s1. The van der Waals surface area contributed by atoms with Crippen molar-refractivity contribution >= 4 is 0 Å². The van der Waals surface area contributed by atoms with Crippen LogP contribution in [-0.2, 0) is 17.8 Å². The normalized spacial score (nSPS) is 12.3. The van der Waals surface area contributed by atoms with Crippen LogP contribution >= 0.6 is 0 Å². The summed E-state index contributed by atoms with van der Waals surface area (Å²) >= 11 is 0. The van der Waals surface area contributed by atoms with Crippen LogP contribution in [0, 0.1) is 6.92 Å². The summed E-state index contributed by atoms with van der Waals surface area (Å²) in [6.45, 7) is 7.54. The van der Waals surface area contributed by atoms with Gasteiger partial charge in [-0.1, -0.05) is 18.2 Å². The van der Waals surface area contributed by atoms with Gasteiger partial charge in [0.2, 0.25) is 5.88 Å². The molecule has 4 aromatic rings. The lowest BCUT2D eigenvalue weighted by Gasteiger charge is -2.25. The van der Waals surface area contributed by atoms with Crippen LogP contribution in [0.15, 0.2) is 77.4 Å². The summed E-state index contributed by atoms with van der Waals surface area (Å²) in [6.07, 6.45) is 1.04. The van der Waals surface area contributed by atoms with E-state index in [2.05, 4.69) is 4.90 Å². The number of furan rings is 1. The molecule has 0 amide bonds. The number of hydrogen-bond acceptors (Lipinski definition) is 7. The fourth-order valence-electron chi connectivity index (χ4n) is 4.01.